The molecule has 3 nitrogen and oxygen atoms in total. The van der Waals surface area contributed by atoms with Gasteiger partial charge in [0.15, 0.2) is 0 Å². The van der Waals surface area contributed by atoms with E-state index in [0.29, 0.717) is 10.6 Å². The molecule has 21 heavy (non-hydrogen) atoms. The van der Waals surface area contributed by atoms with Gasteiger partial charge in [0, 0.05) is 19.0 Å². The molecule has 6 heteroatoms. The number of hydrogen-bond acceptors (Lipinski definition) is 3. The van der Waals surface area contributed by atoms with E-state index in [1.165, 1.54) is 11.3 Å². The standard InChI is InChI=1S/C15H10Br2N2OS/c16-8-5-6-12-9(7-8)13(18)14(21-12)15(20)19-11-4-2-1-3-10(11)17/h1-7H,18H2,(H,19,20). The van der Waals surface area contributed by atoms with E-state index in [0.717, 1.165) is 24.7 Å². The van der Waals surface area contributed by atoms with Crippen LogP contribution in [0.5, 0.6) is 0 Å². The van der Waals surface area contributed by atoms with Crippen molar-refractivity contribution in [2.75, 3.05) is 11.1 Å². The fraction of sp³-hybridized carbons (Fsp3) is 0. The van der Waals surface area contributed by atoms with Crippen LogP contribution >= 0.6 is 43.2 Å². The molecule has 106 valence electrons. The fourth-order valence-electron chi connectivity index (χ4n) is 2.00. The fourth-order valence-corrected chi connectivity index (χ4v) is 3.74. The number of nitrogens with two attached hydrogens (primary N) is 1. The lowest BCUT2D eigenvalue weighted by Crippen LogP contribution is -2.12. The van der Waals surface area contributed by atoms with Gasteiger partial charge in [-0.3, -0.25) is 4.79 Å². The average Bonchev–Trinajstić information content (AvgIpc) is 2.79. The van der Waals surface area contributed by atoms with E-state index < -0.39 is 0 Å². The summed E-state index contributed by atoms with van der Waals surface area (Å²) in [7, 11) is 0. The highest BCUT2D eigenvalue weighted by atomic mass is 79.9. The van der Waals surface area contributed by atoms with Crippen molar-refractivity contribution in [2.24, 2.45) is 0 Å². The van der Waals surface area contributed by atoms with E-state index >= 15 is 0 Å². The normalized spacial score (nSPS) is 10.8. The largest absolute Gasteiger partial charge is 0.397 e. The number of fused-ring (bicyclic) bond motifs is 1. The number of nitrogens with one attached hydrogen (secondary N) is 1. The lowest BCUT2D eigenvalue weighted by atomic mass is 10.2. The molecule has 0 radical (unpaired) electrons. The van der Waals surface area contributed by atoms with E-state index in [2.05, 4.69) is 37.2 Å². The first kappa shape index (κ1) is 14.6. The van der Waals surface area contributed by atoms with Gasteiger partial charge in [0.05, 0.1) is 11.4 Å². The maximum atomic E-state index is 12.4. The zero-order valence-electron chi connectivity index (χ0n) is 10.7. The number of benzene rings is 2. The molecule has 0 spiro atoms. The van der Waals surface area contributed by atoms with Gasteiger partial charge in [-0.25, -0.2) is 0 Å². The monoisotopic (exact) mass is 424 g/mol. The molecule has 0 aliphatic carbocycles. The highest BCUT2D eigenvalue weighted by Gasteiger charge is 2.17. The Morgan fingerprint density at radius 1 is 1.14 bits per heavy atom. The molecule has 0 atom stereocenters. The Bertz CT molecular complexity index is 845. The molecule has 3 N–H and O–H groups in total. The van der Waals surface area contributed by atoms with E-state index in [9.17, 15) is 4.79 Å². The second-order valence-corrected chi connectivity index (χ2v) is 7.24. The Labute approximate surface area is 142 Å². The Kier molecular flexibility index (Phi) is 4.01. The predicted molar refractivity (Wildman–Crippen MR) is 96.0 cm³/mol. The smallest absolute Gasteiger partial charge is 0.267 e. The second-order valence-electron chi connectivity index (χ2n) is 4.42. The third kappa shape index (κ3) is 2.84. The quantitative estimate of drug-likeness (QED) is 0.588. The van der Waals surface area contributed by atoms with E-state index in [-0.39, 0.29) is 5.91 Å². The zero-order valence-corrected chi connectivity index (χ0v) is 14.7. The molecule has 0 aliphatic rings. The molecule has 0 unspecified atom stereocenters. The number of amides is 1. The number of nitrogen functional groups attached to an aromatic ring is 1. The first-order valence-corrected chi connectivity index (χ1v) is 8.50. The molecular weight excluding hydrogens is 416 g/mol. The van der Waals surface area contributed by atoms with Crippen molar-refractivity contribution >= 4 is 70.6 Å². The van der Waals surface area contributed by atoms with Crippen LogP contribution < -0.4 is 11.1 Å². The molecule has 1 amide bonds. The first-order chi connectivity index (χ1) is 10.1. The van der Waals surface area contributed by atoms with Gasteiger partial charge in [0.1, 0.15) is 4.88 Å². The number of anilines is 2. The van der Waals surface area contributed by atoms with E-state index in [1.807, 2.05) is 42.5 Å². The van der Waals surface area contributed by atoms with Crippen LogP contribution in [0.15, 0.2) is 51.4 Å². The van der Waals surface area contributed by atoms with Gasteiger partial charge in [-0.05, 0) is 46.3 Å². The van der Waals surface area contributed by atoms with Crippen molar-refractivity contribution in [1.29, 1.82) is 0 Å². The Hall–Kier alpha value is -1.37. The maximum absolute atomic E-state index is 12.4. The SMILES string of the molecule is Nc1c(C(=O)Nc2ccccc2Br)sc2ccc(Br)cc12. The van der Waals surface area contributed by atoms with Gasteiger partial charge in [-0.1, -0.05) is 28.1 Å². The molecule has 3 rings (SSSR count). The molecule has 0 aliphatic heterocycles. The van der Waals surface area contributed by atoms with Crippen LogP contribution in [-0.4, -0.2) is 5.91 Å². The molecule has 1 aromatic heterocycles. The van der Waals surface area contributed by atoms with E-state index in [1.54, 1.807) is 0 Å². The van der Waals surface area contributed by atoms with Crippen molar-refractivity contribution < 1.29 is 4.79 Å². The van der Waals surface area contributed by atoms with Crippen LogP contribution in [-0.2, 0) is 0 Å². The minimum atomic E-state index is -0.197. The van der Waals surface area contributed by atoms with Gasteiger partial charge in [-0.15, -0.1) is 11.3 Å². The van der Waals surface area contributed by atoms with Crippen molar-refractivity contribution in [3.05, 3.63) is 56.3 Å². The predicted octanol–water partition coefficient (Wildman–Crippen LogP) is 5.26. The maximum Gasteiger partial charge on any atom is 0.267 e. The summed E-state index contributed by atoms with van der Waals surface area (Å²) in [6, 6.07) is 13.3. The highest BCUT2D eigenvalue weighted by molar-refractivity contribution is 9.10. The van der Waals surface area contributed by atoms with Crippen molar-refractivity contribution in [2.45, 2.75) is 0 Å². The summed E-state index contributed by atoms with van der Waals surface area (Å²) in [5.41, 5.74) is 7.35. The minimum Gasteiger partial charge on any atom is -0.397 e. The Morgan fingerprint density at radius 2 is 1.90 bits per heavy atom. The summed E-state index contributed by atoms with van der Waals surface area (Å²) < 4.78 is 2.77. The second kappa shape index (κ2) is 5.79. The van der Waals surface area contributed by atoms with Crippen molar-refractivity contribution in [3.8, 4) is 0 Å². The van der Waals surface area contributed by atoms with Gasteiger partial charge in [0.25, 0.3) is 5.91 Å². The Balaban J connectivity index is 1.99. The van der Waals surface area contributed by atoms with E-state index in [4.69, 9.17) is 5.73 Å². The summed E-state index contributed by atoms with van der Waals surface area (Å²) in [5, 5.41) is 3.77. The summed E-state index contributed by atoms with van der Waals surface area (Å²) in [5.74, 6) is -0.197. The average molecular weight is 426 g/mol. The number of halogens is 2. The first-order valence-electron chi connectivity index (χ1n) is 6.09. The summed E-state index contributed by atoms with van der Waals surface area (Å²) in [6.45, 7) is 0. The zero-order chi connectivity index (χ0) is 15.0. The number of carbonyl (C=O) groups excluding carboxylic acids is 1. The topological polar surface area (TPSA) is 55.1 Å². The Morgan fingerprint density at radius 3 is 2.67 bits per heavy atom. The third-order valence-electron chi connectivity index (χ3n) is 3.02. The minimum absolute atomic E-state index is 0.197. The van der Waals surface area contributed by atoms with Crippen LogP contribution in [0.2, 0.25) is 0 Å². The van der Waals surface area contributed by atoms with Crippen LogP contribution in [0.3, 0.4) is 0 Å². The lowest BCUT2D eigenvalue weighted by molar-refractivity contribution is 0.103. The summed E-state index contributed by atoms with van der Waals surface area (Å²) >= 11 is 8.22. The molecule has 1 heterocycles. The van der Waals surface area contributed by atoms with Gasteiger partial charge in [0.2, 0.25) is 0 Å². The van der Waals surface area contributed by atoms with Crippen LogP contribution in [0, 0.1) is 0 Å². The molecule has 0 bridgehead atoms. The van der Waals surface area contributed by atoms with Crippen molar-refractivity contribution in [3.63, 3.8) is 0 Å². The highest BCUT2D eigenvalue weighted by Crippen LogP contribution is 2.36. The number of para-hydroxylation sites is 1. The molecule has 2 aromatic carbocycles. The third-order valence-corrected chi connectivity index (χ3v) is 5.39. The molecule has 0 fully saturated rings. The number of carbonyl (C=O) groups is 1. The van der Waals surface area contributed by atoms with Crippen molar-refractivity contribution in [1.82, 2.24) is 0 Å². The van der Waals surface area contributed by atoms with Crippen LogP contribution in [0.4, 0.5) is 11.4 Å². The number of rotatable bonds is 2. The van der Waals surface area contributed by atoms with Gasteiger partial charge in [-0.2, -0.15) is 0 Å². The molecular formula is C15H10Br2N2OS. The van der Waals surface area contributed by atoms with Crippen LogP contribution in [0.1, 0.15) is 9.67 Å². The summed E-state index contributed by atoms with van der Waals surface area (Å²) in [6.07, 6.45) is 0. The summed E-state index contributed by atoms with van der Waals surface area (Å²) in [4.78, 5) is 13.0. The molecule has 0 saturated carbocycles. The van der Waals surface area contributed by atoms with Gasteiger partial charge >= 0.3 is 0 Å². The van der Waals surface area contributed by atoms with Gasteiger partial charge < -0.3 is 11.1 Å². The lowest BCUT2D eigenvalue weighted by Gasteiger charge is -2.06. The molecule has 3 aromatic rings. The molecule has 0 saturated heterocycles. The van der Waals surface area contributed by atoms with Crippen LogP contribution in [0.25, 0.3) is 10.1 Å². The number of thiophene rings is 1. The number of hydrogen-bond donors (Lipinski definition) is 2.